The number of aromatic nitrogens is 4. The van der Waals surface area contributed by atoms with Crippen LogP contribution in [0.4, 0.5) is 0 Å². The first kappa shape index (κ1) is 18.0. The van der Waals surface area contributed by atoms with Gasteiger partial charge < -0.3 is 4.57 Å². The number of unbranched alkanes of at least 4 members (excludes halogenated alkanes) is 1. The van der Waals surface area contributed by atoms with Crippen LogP contribution in [0, 0.1) is 13.8 Å². The average molecular weight is 377 g/mol. The molecule has 0 fully saturated rings. The molecule has 0 aromatic carbocycles. The lowest BCUT2D eigenvalue weighted by Crippen LogP contribution is -2.15. The van der Waals surface area contributed by atoms with Gasteiger partial charge in [0, 0.05) is 30.3 Å². The number of rotatable bonds is 6. The number of halogens is 1. The standard InChI is InChI=1S/C18H21ClN4OS/c1-4-5-8-22-13(3)12(2)20-18(22)25-11-15-9-17(24)23-10-14(19)6-7-16(23)21-15/h6-7,9-10H,4-5,8,11H2,1-3H3. The Bertz CT molecular complexity index is 964. The molecule has 3 aromatic heterocycles. The molecule has 5 nitrogen and oxygen atoms in total. The fraction of sp³-hybridized carbons (Fsp3) is 0.389. The molecule has 0 aliphatic heterocycles. The van der Waals surface area contributed by atoms with E-state index in [1.807, 2.05) is 6.92 Å². The predicted octanol–water partition coefficient (Wildman–Crippen LogP) is 4.25. The van der Waals surface area contributed by atoms with Crippen LogP contribution in [0.15, 0.2) is 34.3 Å². The Morgan fingerprint density at radius 2 is 2.04 bits per heavy atom. The maximum absolute atomic E-state index is 12.3. The molecular formula is C18H21ClN4OS. The van der Waals surface area contributed by atoms with Gasteiger partial charge in [0.1, 0.15) is 5.65 Å². The van der Waals surface area contributed by atoms with E-state index >= 15 is 0 Å². The molecule has 0 spiro atoms. The molecule has 3 rings (SSSR count). The summed E-state index contributed by atoms with van der Waals surface area (Å²) >= 11 is 7.57. The van der Waals surface area contributed by atoms with Crippen LogP contribution in [0.2, 0.25) is 5.02 Å². The van der Waals surface area contributed by atoms with Crippen molar-refractivity contribution in [2.45, 2.75) is 51.1 Å². The third-order valence-electron chi connectivity index (χ3n) is 4.18. The summed E-state index contributed by atoms with van der Waals surface area (Å²) < 4.78 is 3.73. The SMILES string of the molecule is CCCCn1c(SCc2cc(=O)n3cc(Cl)ccc3n2)nc(C)c1C. The van der Waals surface area contributed by atoms with Gasteiger partial charge in [-0.25, -0.2) is 9.97 Å². The first-order chi connectivity index (χ1) is 12.0. The number of pyridine rings is 1. The lowest BCUT2D eigenvalue weighted by Gasteiger charge is -2.09. The first-order valence-electron chi connectivity index (χ1n) is 8.34. The molecule has 7 heteroatoms. The fourth-order valence-electron chi connectivity index (χ4n) is 2.65. The Labute approximate surface area is 156 Å². The molecule has 3 aromatic rings. The second-order valence-electron chi connectivity index (χ2n) is 6.02. The molecule has 0 aliphatic rings. The molecule has 0 saturated carbocycles. The van der Waals surface area contributed by atoms with Gasteiger partial charge >= 0.3 is 0 Å². The van der Waals surface area contributed by atoms with Gasteiger partial charge in [0.05, 0.1) is 16.4 Å². The van der Waals surface area contributed by atoms with E-state index in [0.29, 0.717) is 16.4 Å². The molecule has 0 N–H and O–H groups in total. The van der Waals surface area contributed by atoms with E-state index < -0.39 is 0 Å². The van der Waals surface area contributed by atoms with Crippen molar-refractivity contribution in [2.24, 2.45) is 0 Å². The van der Waals surface area contributed by atoms with E-state index in [1.54, 1.807) is 36.2 Å². The van der Waals surface area contributed by atoms with Gasteiger partial charge in [-0.05, 0) is 32.4 Å². The smallest absolute Gasteiger partial charge is 0.258 e. The molecule has 0 atom stereocenters. The second-order valence-corrected chi connectivity index (χ2v) is 7.40. The lowest BCUT2D eigenvalue weighted by molar-refractivity contribution is 0.575. The molecule has 0 amide bonds. The summed E-state index contributed by atoms with van der Waals surface area (Å²) in [6, 6.07) is 5.06. The summed E-state index contributed by atoms with van der Waals surface area (Å²) in [6.07, 6.45) is 3.86. The van der Waals surface area contributed by atoms with Gasteiger partial charge in [-0.3, -0.25) is 9.20 Å². The molecule has 3 heterocycles. The highest BCUT2D eigenvalue weighted by Gasteiger charge is 2.12. The largest absolute Gasteiger partial charge is 0.323 e. The summed E-state index contributed by atoms with van der Waals surface area (Å²) in [4.78, 5) is 21.5. The molecule has 0 radical (unpaired) electrons. The molecule has 132 valence electrons. The predicted molar refractivity (Wildman–Crippen MR) is 103 cm³/mol. The van der Waals surface area contributed by atoms with Gasteiger partial charge in [0.2, 0.25) is 0 Å². The molecule has 25 heavy (non-hydrogen) atoms. The fourth-order valence-corrected chi connectivity index (χ4v) is 3.82. The van der Waals surface area contributed by atoms with Crippen molar-refractivity contribution in [3.63, 3.8) is 0 Å². The maximum atomic E-state index is 12.3. The van der Waals surface area contributed by atoms with Crippen LogP contribution in [0.5, 0.6) is 0 Å². The van der Waals surface area contributed by atoms with E-state index in [0.717, 1.165) is 35.9 Å². The van der Waals surface area contributed by atoms with Gasteiger partial charge in [-0.2, -0.15) is 0 Å². The number of fused-ring (bicyclic) bond motifs is 1. The average Bonchev–Trinajstić information content (AvgIpc) is 2.86. The maximum Gasteiger partial charge on any atom is 0.258 e. The summed E-state index contributed by atoms with van der Waals surface area (Å²) in [5.74, 6) is 0.608. The van der Waals surface area contributed by atoms with Crippen LogP contribution in [0.1, 0.15) is 36.8 Å². The van der Waals surface area contributed by atoms with E-state index in [4.69, 9.17) is 11.6 Å². The van der Waals surface area contributed by atoms with E-state index in [2.05, 4.69) is 28.4 Å². The third kappa shape index (κ3) is 3.90. The third-order valence-corrected chi connectivity index (χ3v) is 5.42. The van der Waals surface area contributed by atoms with Crippen molar-refractivity contribution in [3.8, 4) is 0 Å². The summed E-state index contributed by atoms with van der Waals surface area (Å²) in [5.41, 5.74) is 3.49. The minimum atomic E-state index is -0.121. The molecule has 0 aliphatic carbocycles. The Hall–Kier alpha value is -1.79. The molecule has 0 saturated heterocycles. The second kappa shape index (κ2) is 7.62. The highest BCUT2D eigenvalue weighted by molar-refractivity contribution is 7.98. The van der Waals surface area contributed by atoms with Gasteiger partial charge in [0.15, 0.2) is 5.16 Å². The minimum Gasteiger partial charge on any atom is -0.323 e. The van der Waals surface area contributed by atoms with Gasteiger partial charge in [-0.15, -0.1) is 0 Å². The number of thioether (sulfide) groups is 1. The van der Waals surface area contributed by atoms with Crippen molar-refractivity contribution in [1.29, 1.82) is 0 Å². The molecular weight excluding hydrogens is 356 g/mol. The molecule has 0 bridgehead atoms. The minimum absolute atomic E-state index is 0.121. The van der Waals surface area contributed by atoms with Gasteiger partial charge in [-0.1, -0.05) is 36.7 Å². The van der Waals surface area contributed by atoms with Crippen LogP contribution in [0.3, 0.4) is 0 Å². The Morgan fingerprint density at radius 1 is 1.24 bits per heavy atom. The number of imidazole rings is 1. The first-order valence-corrected chi connectivity index (χ1v) is 9.70. The monoisotopic (exact) mass is 376 g/mol. The van der Waals surface area contributed by atoms with Crippen LogP contribution in [-0.2, 0) is 12.3 Å². The summed E-state index contributed by atoms with van der Waals surface area (Å²) in [6.45, 7) is 7.29. The topological polar surface area (TPSA) is 52.2 Å². The lowest BCUT2D eigenvalue weighted by atomic mass is 10.3. The van der Waals surface area contributed by atoms with Crippen molar-refractivity contribution < 1.29 is 0 Å². The van der Waals surface area contributed by atoms with E-state index in [1.165, 1.54) is 10.1 Å². The van der Waals surface area contributed by atoms with Crippen molar-refractivity contribution in [1.82, 2.24) is 18.9 Å². The quantitative estimate of drug-likeness (QED) is 0.603. The Balaban J connectivity index is 1.84. The number of aryl methyl sites for hydroxylation is 1. The zero-order valence-electron chi connectivity index (χ0n) is 14.6. The van der Waals surface area contributed by atoms with Crippen LogP contribution < -0.4 is 5.56 Å². The van der Waals surface area contributed by atoms with E-state index in [9.17, 15) is 4.79 Å². The zero-order valence-corrected chi connectivity index (χ0v) is 16.2. The Morgan fingerprint density at radius 3 is 2.80 bits per heavy atom. The Kier molecular flexibility index (Phi) is 5.49. The number of hydrogen-bond acceptors (Lipinski definition) is 4. The van der Waals surface area contributed by atoms with E-state index in [-0.39, 0.29) is 5.56 Å². The molecule has 0 unspecified atom stereocenters. The van der Waals surface area contributed by atoms with Gasteiger partial charge in [0.25, 0.3) is 5.56 Å². The van der Waals surface area contributed by atoms with Crippen LogP contribution in [0.25, 0.3) is 5.65 Å². The van der Waals surface area contributed by atoms with Crippen molar-refractivity contribution in [3.05, 3.63) is 56.9 Å². The van der Waals surface area contributed by atoms with Crippen LogP contribution in [-0.4, -0.2) is 18.9 Å². The van der Waals surface area contributed by atoms with Crippen molar-refractivity contribution >= 4 is 29.0 Å². The van der Waals surface area contributed by atoms with Crippen LogP contribution >= 0.6 is 23.4 Å². The number of nitrogens with zero attached hydrogens (tertiary/aromatic N) is 4. The summed E-state index contributed by atoms with van der Waals surface area (Å²) in [5, 5.41) is 1.50. The highest BCUT2D eigenvalue weighted by Crippen LogP contribution is 2.24. The highest BCUT2D eigenvalue weighted by atomic mass is 35.5. The summed E-state index contributed by atoms with van der Waals surface area (Å²) in [7, 11) is 0. The van der Waals surface area contributed by atoms with Crippen molar-refractivity contribution in [2.75, 3.05) is 0 Å². The normalized spacial score (nSPS) is 11.4. The zero-order chi connectivity index (χ0) is 18.0. The number of hydrogen-bond donors (Lipinski definition) is 0.